The van der Waals surface area contributed by atoms with Crippen molar-refractivity contribution in [2.45, 2.75) is 37.9 Å². The van der Waals surface area contributed by atoms with Crippen molar-refractivity contribution in [3.63, 3.8) is 0 Å². The number of rotatable bonds is 3. The van der Waals surface area contributed by atoms with Crippen LogP contribution in [0.3, 0.4) is 0 Å². The molecule has 0 atom stereocenters. The van der Waals surface area contributed by atoms with Gasteiger partial charge in [0.25, 0.3) is 0 Å². The molecule has 1 fully saturated rings. The molecule has 1 aromatic rings. The lowest BCUT2D eigenvalue weighted by Crippen LogP contribution is -2.41. The van der Waals surface area contributed by atoms with Gasteiger partial charge in [0.1, 0.15) is 0 Å². The number of halogens is 3. The summed E-state index contributed by atoms with van der Waals surface area (Å²) in [5.74, 6) is -1.23. The molecule has 1 aliphatic carbocycles. The van der Waals surface area contributed by atoms with Gasteiger partial charge in [-0.2, -0.15) is 13.2 Å². The van der Waals surface area contributed by atoms with Crippen molar-refractivity contribution in [3.05, 3.63) is 29.8 Å². The van der Waals surface area contributed by atoms with Crippen molar-refractivity contribution in [2.75, 3.05) is 5.32 Å². The summed E-state index contributed by atoms with van der Waals surface area (Å²) in [4.78, 5) is 22.7. The van der Waals surface area contributed by atoms with Gasteiger partial charge < -0.3 is 15.7 Å². The van der Waals surface area contributed by atoms with E-state index in [-0.39, 0.29) is 17.6 Å². The minimum absolute atomic E-state index is 0.0524. The third-order valence-corrected chi connectivity index (χ3v) is 3.86. The maximum Gasteiger partial charge on any atom is 0.416 e. The molecule has 126 valence electrons. The highest BCUT2D eigenvalue weighted by Crippen LogP contribution is 2.30. The van der Waals surface area contributed by atoms with E-state index in [1.807, 2.05) is 0 Å². The van der Waals surface area contributed by atoms with Gasteiger partial charge in [0, 0.05) is 11.7 Å². The number of anilines is 1. The molecule has 2 amide bonds. The molecule has 5 nitrogen and oxygen atoms in total. The highest BCUT2D eigenvalue weighted by molar-refractivity contribution is 5.89. The lowest BCUT2D eigenvalue weighted by atomic mass is 9.86. The molecule has 0 spiro atoms. The SMILES string of the molecule is O=C(Nc1cccc(C(F)(F)F)c1)NC1CCC(C(=O)O)CC1. The summed E-state index contributed by atoms with van der Waals surface area (Å²) >= 11 is 0. The smallest absolute Gasteiger partial charge is 0.416 e. The average Bonchev–Trinajstić information content (AvgIpc) is 2.47. The number of benzene rings is 1. The van der Waals surface area contributed by atoms with Gasteiger partial charge in [0.15, 0.2) is 0 Å². The van der Waals surface area contributed by atoms with Gasteiger partial charge >= 0.3 is 18.2 Å². The molecule has 0 saturated heterocycles. The third-order valence-electron chi connectivity index (χ3n) is 3.86. The molecule has 0 aromatic heterocycles. The molecule has 1 aromatic carbocycles. The Kier molecular flexibility index (Phi) is 5.12. The summed E-state index contributed by atoms with van der Waals surface area (Å²) in [6.45, 7) is 0. The molecule has 8 heteroatoms. The summed E-state index contributed by atoms with van der Waals surface area (Å²) < 4.78 is 37.8. The fourth-order valence-electron chi connectivity index (χ4n) is 2.61. The maximum absolute atomic E-state index is 12.6. The summed E-state index contributed by atoms with van der Waals surface area (Å²) in [6, 6.07) is 3.61. The fourth-order valence-corrected chi connectivity index (χ4v) is 2.61. The summed E-state index contributed by atoms with van der Waals surface area (Å²) in [5, 5.41) is 13.9. The minimum atomic E-state index is -4.47. The number of hydrogen-bond donors (Lipinski definition) is 3. The molecule has 0 radical (unpaired) electrons. The van der Waals surface area contributed by atoms with Gasteiger partial charge in [0.2, 0.25) is 0 Å². The van der Waals surface area contributed by atoms with E-state index in [9.17, 15) is 22.8 Å². The van der Waals surface area contributed by atoms with Crippen LogP contribution in [0.15, 0.2) is 24.3 Å². The quantitative estimate of drug-likeness (QED) is 0.794. The Morgan fingerprint density at radius 3 is 2.35 bits per heavy atom. The first-order valence-electron chi connectivity index (χ1n) is 7.23. The van der Waals surface area contributed by atoms with E-state index in [4.69, 9.17) is 5.11 Å². The van der Waals surface area contributed by atoms with Crippen LogP contribution >= 0.6 is 0 Å². The Morgan fingerprint density at radius 2 is 1.78 bits per heavy atom. The molecule has 3 N–H and O–H groups in total. The first-order valence-corrected chi connectivity index (χ1v) is 7.23. The molecule has 0 aliphatic heterocycles. The lowest BCUT2D eigenvalue weighted by Gasteiger charge is -2.26. The predicted octanol–water partition coefficient (Wildman–Crippen LogP) is 3.47. The molecular formula is C15H17F3N2O3. The van der Waals surface area contributed by atoms with Gasteiger partial charge in [-0.3, -0.25) is 4.79 Å². The average molecular weight is 330 g/mol. The van der Waals surface area contributed by atoms with Crippen LogP contribution < -0.4 is 10.6 Å². The van der Waals surface area contributed by atoms with Gasteiger partial charge in [-0.05, 0) is 43.9 Å². The Labute approximate surface area is 130 Å². The Morgan fingerprint density at radius 1 is 1.13 bits per heavy atom. The highest BCUT2D eigenvalue weighted by atomic mass is 19.4. The van der Waals surface area contributed by atoms with Crippen LogP contribution in [0.1, 0.15) is 31.2 Å². The lowest BCUT2D eigenvalue weighted by molar-refractivity contribution is -0.143. The van der Waals surface area contributed by atoms with E-state index >= 15 is 0 Å². The zero-order valence-corrected chi connectivity index (χ0v) is 12.2. The van der Waals surface area contributed by atoms with E-state index in [0.717, 1.165) is 12.1 Å². The first kappa shape index (κ1) is 17.1. The maximum atomic E-state index is 12.6. The van der Waals surface area contributed by atoms with Crippen molar-refractivity contribution >= 4 is 17.7 Å². The zero-order valence-electron chi connectivity index (χ0n) is 12.2. The Balaban J connectivity index is 1.87. The Hall–Kier alpha value is -2.25. The topological polar surface area (TPSA) is 78.4 Å². The third kappa shape index (κ3) is 4.87. The highest BCUT2D eigenvalue weighted by Gasteiger charge is 2.30. The van der Waals surface area contributed by atoms with E-state index < -0.39 is 23.7 Å². The molecule has 0 bridgehead atoms. The summed E-state index contributed by atoms with van der Waals surface area (Å²) in [6.07, 6.45) is -2.45. The number of carbonyl (C=O) groups excluding carboxylic acids is 1. The normalized spacial score (nSPS) is 21.5. The number of carbonyl (C=O) groups is 2. The van der Waals surface area contributed by atoms with E-state index in [1.54, 1.807) is 0 Å². The van der Waals surface area contributed by atoms with Crippen molar-refractivity contribution < 1.29 is 27.9 Å². The molecule has 1 saturated carbocycles. The first-order chi connectivity index (χ1) is 10.8. The molecule has 23 heavy (non-hydrogen) atoms. The Bertz CT molecular complexity index is 582. The number of carboxylic acid groups (broad SMARTS) is 1. The second kappa shape index (κ2) is 6.89. The molecule has 0 heterocycles. The van der Waals surface area contributed by atoms with E-state index in [0.29, 0.717) is 25.7 Å². The van der Waals surface area contributed by atoms with Gasteiger partial charge in [0.05, 0.1) is 11.5 Å². The van der Waals surface area contributed by atoms with Crippen molar-refractivity contribution in [3.8, 4) is 0 Å². The largest absolute Gasteiger partial charge is 0.481 e. The summed E-state index contributed by atoms with van der Waals surface area (Å²) in [5.41, 5.74) is -0.784. The van der Waals surface area contributed by atoms with Crippen LogP contribution in [0.4, 0.5) is 23.7 Å². The van der Waals surface area contributed by atoms with Gasteiger partial charge in [-0.25, -0.2) is 4.79 Å². The molecule has 0 unspecified atom stereocenters. The van der Waals surface area contributed by atoms with E-state index in [2.05, 4.69) is 10.6 Å². The molecule has 2 rings (SSSR count). The number of alkyl halides is 3. The van der Waals surface area contributed by atoms with Crippen molar-refractivity contribution in [2.24, 2.45) is 5.92 Å². The monoisotopic (exact) mass is 330 g/mol. The fraction of sp³-hybridized carbons (Fsp3) is 0.467. The van der Waals surface area contributed by atoms with Crippen LogP contribution in [0.25, 0.3) is 0 Å². The van der Waals surface area contributed by atoms with Crippen LogP contribution in [0.2, 0.25) is 0 Å². The van der Waals surface area contributed by atoms with Gasteiger partial charge in [-0.15, -0.1) is 0 Å². The standard InChI is InChI=1S/C15H17F3N2O3/c16-15(17,18)10-2-1-3-12(8-10)20-14(23)19-11-6-4-9(5-7-11)13(21)22/h1-3,8-9,11H,4-7H2,(H,21,22)(H2,19,20,23). The van der Waals surface area contributed by atoms with Crippen LogP contribution in [0.5, 0.6) is 0 Å². The minimum Gasteiger partial charge on any atom is -0.481 e. The van der Waals surface area contributed by atoms with Crippen LogP contribution in [0, 0.1) is 5.92 Å². The second-order valence-corrected chi connectivity index (χ2v) is 5.56. The number of urea groups is 1. The second-order valence-electron chi connectivity index (χ2n) is 5.56. The van der Waals surface area contributed by atoms with Crippen molar-refractivity contribution in [1.82, 2.24) is 5.32 Å². The predicted molar refractivity (Wildman–Crippen MR) is 77.0 cm³/mol. The number of aliphatic carboxylic acids is 1. The number of hydrogen-bond acceptors (Lipinski definition) is 2. The van der Waals surface area contributed by atoms with Gasteiger partial charge in [-0.1, -0.05) is 6.07 Å². The number of carboxylic acids is 1. The zero-order chi connectivity index (χ0) is 17.0. The van der Waals surface area contributed by atoms with Crippen molar-refractivity contribution in [1.29, 1.82) is 0 Å². The molecule has 1 aliphatic rings. The number of nitrogens with one attached hydrogen (secondary N) is 2. The van der Waals surface area contributed by atoms with Crippen LogP contribution in [-0.2, 0) is 11.0 Å². The van der Waals surface area contributed by atoms with E-state index in [1.165, 1.54) is 12.1 Å². The van der Waals surface area contributed by atoms with Crippen LogP contribution in [-0.4, -0.2) is 23.1 Å². The molecular weight excluding hydrogens is 313 g/mol. The number of amides is 2. The summed E-state index contributed by atoms with van der Waals surface area (Å²) in [7, 11) is 0.